The molecule has 0 bridgehead atoms. The van der Waals surface area contributed by atoms with E-state index in [1.165, 1.54) is 25.9 Å². The van der Waals surface area contributed by atoms with Crippen LogP contribution in [0.5, 0.6) is 0 Å². The highest BCUT2D eigenvalue weighted by molar-refractivity contribution is 5.55. The molecule has 0 aliphatic carbocycles. The van der Waals surface area contributed by atoms with Gasteiger partial charge in [-0.25, -0.2) is 4.98 Å². The Bertz CT molecular complexity index is 661. The molecule has 1 aliphatic heterocycles. The van der Waals surface area contributed by atoms with Gasteiger partial charge in [-0.3, -0.25) is 9.67 Å². The summed E-state index contributed by atoms with van der Waals surface area (Å²) in [4.78, 5) is 11.8. The first-order chi connectivity index (χ1) is 11.5. The zero-order valence-electron chi connectivity index (χ0n) is 15.3. The Morgan fingerprint density at radius 1 is 1.12 bits per heavy atom. The van der Waals surface area contributed by atoms with E-state index >= 15 is 0 Å². The third-order valence-corrected chi connectivity index (χ3v) is 4.89. The molecule has 1 unspecified atom stereocenters. The predicted octanol–water partition coefficient (Wildman–Crippen LogP) is 3.58. The summed E-state index contributed by atoms with van der Waals surface area (Å²) in [7, 11) is 0. The van der Waals surface area contributed by atoms with E-state index in [1.54, 1.807) is 0 Å². The Kier molecular flexibility index (Phi) is 5.29. The largest absolute Gasteiger partial charge is 0.301 e. The summed E-state index contributed by atoms with van der Waals surface area (Å²) >= 11 is 0. The summed E-state index contributed by atoms with van der Waals surface area (Å²) < 4.78 is 1.96. The maximum absolute atomic E-state index is 4.85. The van der Waals surface area contributed by atoms with Crippen LogP contribution in [0.4, 0.5) is 0 Å². The Labute approximate surface area is 145 Å². The van der Waals surface area contributed by atoms with Crippen LogP contribution in [-0.2, 0) is 6.42 Å². The Balaban J connectivity index is 1.71. The van der Waals surface area contributed by atoms with Gasteiger partial charge in [0.25, 0.3) is 0 Å². The number of hydrogen-bond acceptors (Lipinski definition) is 4. The number of aromatic nitrogens is 4. The number of piperidine rings is 1. The van der Waals surface area contributed by atoms with Gasteiger partial charge in [-0.2, -0.15) is 5.10 Å². The van der Waals surface area contributed by atoms with Crippen LogP contribution < -0.4 is 0 Å². The van der Waals surface area contributed by atoms with Crippen LogP contribution in [0, 0.1) is 5.92 Å². The van der Waals surface area contributed by atoms with Crippen molar-refractivity contribution in [3.8, 4) is 11.3 Å². The van der Waals surface area contributed by atoms with Crippen LogP contribution in [0.1, 0.15) is 52.3 Å². The van der Waals surface area contributed by atoms with Crippen molar-refractivity contribution < 1.29 is 0 Å². The molecule has 5 nitrogen and oxygen atoms in total. The Morgan fingerprint density at radius 3 is 2.67 bits per heavy atom. The molecule has 0 amide bonds. The van der Waals surface area contributed by atoms with Crippen LogP contribution in [0.3, 0.4) is 0 Å². The quantitative estimate of drug-likeness (QED) is 0.842. The van der Waals surface area contributed by atoms with Gasteiger partial charge >= 0.3 is 0 Å². The van der Waals surface area contributed by atoms with E-state index in [1.807, 2.05) is 23.3 Å². The van der Waals surface area contributed by atoms with Crippen LogP contribution in [0.15, 0.2) is 24.8 Å². The van der Waals surface area contributed by atoms with Crippen molar-refractivity contribution in [3.05, 3.63) is 30.5 Å². The summed E-state index contributed by atoms with van der Waals surface area (Å²) in [5, 5.41) is 4.41. The summed E-state index contributed by atoms with van der Waals surface area (Å²) in [5.41, 5.74) is 3.07. The average Bonchev–Trinajstić information content (AvgIpc) is 3.06. The minimum Gasteiger partial charge on any atom is -0.301 e. The number of nitrogens with zero attached hydrogens (tertiary/aromatic N) is 5. The summed E-state index contributed by atoms with van der Waals surface area (Å²) in [6.45, 7) is 11.2. The Morgan fingerprint density at radius 2 is 1.96 bits per heavy atom. The first-order valence-electron chi connectivity index (χ1n) is 9.12. The molecule has 1 saturated heterocycles. The van der Waals surface area contributed by atoms with Crippen molar-refractivity contribution in [3.63, 3.8) is 0 Å². The highest BCUT2D eigenvalue weighted by atomic mass is 15.3. The van der Waals surface area contributed by atoms with Crippen LogP contribution in [0.25, 0.3) is 11.3 Å². The number of likely N-dealkylation sites (tertiary alicyclic amines) is 1. The maximum Gasteiger partial charge on any atom is 0.0920 e. The topological polar surface area (TPSA) is 46.8 Å². The minimum atomic E-state index is 0.360. The molecule has 0 radical (unpaired) electrons. The second kappa shape index (κ2) is 7.43. The molecule has 5 heteroatoms. The van der Waals surface area contributed by atoms with Crippen molar-refractivity contribution in [2.24, 2.45) is 5.92 Å². The summed E-state index contributed by atoms with van der Waals surface area (Å²) in [6, 6.07) is 0.992. The zero-order chi connectivity index (χ0) is 17.1. The van der Waals surface area contributed by atoms with Crippen LogP contribution in [-0.4, -0.2) is 43.8 Å². The van der Waals surface area contributed by atoms with E-state index in [-0.39, 0.29) is 0 Å². The molecule has 0 saturated carbocycles. The highest BCUT2D eigenvalue weighted by Crippen LogP contribution is 2.23. The van der Waals surface area contributed by atoms with Crippen molar-refractivity contribution in [1.29, 1.82) is 0 Å². The lowest BCUT2D eigenvalue weighted by Crippen LogP contribution is -2.40. The van der Waals surface area contributed by atoms with Crippen molar-refractivity contribution in [2.45, 2.75) is 59.0 Å². The van der Waals surface area contributed by atoms with Crippen molar-refractivity contribution in [2.75, 3.05) is 13.1 Å². The second-order valence-electron chi connectivity index (χ2n) is 7.50. The lowest BCUT2D eigenvalue weighted by atomic mass is 9.92. The van der Waals surface area contributed by atoms with Gasteiger partial charge in [-0.05, 0) is 59.4 Å². The maximum atomic E-state index is 4.85. The summed E-state index contributed by atoms with van der Waals surface area (Å²) in [5.74, 6) is 0.684. The zero-order valence-corrected chi connectivity index (χ0v) is 15.3. The first kappa shape index (κ1) is 17.1. The molecule has 2 aromatic rings. The molecule has 1 aliphatic rings. The third-order valence-electron chi connectivity index (χ3n) is 4.89. The fourth-order valence-electron chi connectivity index (χ4n) is 3.43. The fraction of sp³-hybridized carbons (Fsp3) is 0.632. The molecule has 130 valence electrons. The molecule has 0 aromatic carbocycles. The van der Waals surface area contributed by atoms with E-state index in [2.05, 4.69) is 48.9 Å². The second-order valence-corrected chi connectivity index (χ2v) is 7.50. The Hall–Kier alpha value is -1.75. The van der Waals surface area contributed by atoms with Gasteiger partial charge in [0.1, 0.15) is 0 Å². The van der Waals surface area contributed by atoms with E-state index in [4.69, 9.17) is 4.98 Å². The predicted molar refractivity (Wildman–Crippen MR) is 96.8 cm³/mol. The van der Waals surface area contributed by atoms with Gasteiger partial charge in [0, 0.05) is 36.6 Å². The van der Waals surface area contributed by atoms with E-state index in [0.717, 1.165) is 23.4 Å². The van der Waals surface area contributed by atoms with E-state index in [0.29, 0.717) is 18.0 Å². The molecule has 3 heterocycles. The molecule has 0 spiro atoms. The molecule has 1 atom stereocenters. The van der Waals surface area contributed by atoms with Crippen LogP contribution in [0.2, 0.25) is 0 Å². The number of rotatable bonds is 5. The molecule has 2 aromatic heterocycles. The van der Waals surface area contributed by atoms with Crippen molar-refractivity contribution in [1.82, 2.24) is 24.6 Å². The molecule has 0 N–H and O–H groups in total. The summed E-state index contributed by atoms with van der Waals surface area (Å²) in [6.07, 6.45) is 11.3. The average molecular weight is 327 g/mol. The van der Waals surface area contributed by atoms with Gasteiger partial charge in [-0.15, -0.1) is 0 Å². The van der Waals surface area contributed by atoms with Gasteiger partial charge < -0.3 is 4.90 Å². The molecular formula is C19H29N5. The molecule has 3 rings (SSSR count). The standard InChI is InChI=1S/C19H29N5/c1-14(2)23-7-5-6-16(12-23)8-18-10-20-11-19(22-18)17-9-21-24(13-17)15(3)4/h9-11,13-16H,5-8,12H2,1-4H3. The lowest BCUT2D eigenvalue weighted by Gasteiger charge is -2.35. The molecular weight excluding hydrogens is 298 g/mol. The first-order valence-corrected chi connectivity index (χ1v) is 9.12. The minimum absolute atomic E-state index is 0.360. The highest BCUT2D eigenvalue weighted by Gasteiger charge is 2.22. The SMILES string of the molecule is CC(C)N1CCCC(Cc2cncc(-c3cnn(C(C)C)c3)n2)C1. The normalized spacial score (nSPS) is 19.3. The van der Waals surface area contributed by atoms with Crippen molar-refractivity contribution >= 4 is 0 Å². The molecule has 1 fully saturated rings. The monoisotopic (exact) mass is 327 g/mol. The fourth-order valence-corrected chi connectivity index (χ4v) is 3.43. The van der Waals surface area contributed by atoms with Crippen LogP contribution >= 0.6 is 0 Å². The molecule has 24 heavy (non-hydrogen) atoms. The van der Waals surface area contributed by atoms with Gasteiger partial charge in [0.15, 0.2) is 0 Å². The number of hydrogen-bond donors (Lipinski definition) is 0. The third kappa shape index (κ3) is 4.01. The van der Waals surface area contributed by atoms with E-state index in [9.17, 15) is 0 Å². The lowest BCUT2D eigenvalue weighted by molar-refractivity contribution is 0.139. The van der Waals surface area contributed by atoms with Gasteiger partial charge in [0.2, 0.25) is 0 Å². The smallest absolute Gasteiger partial charge is 0.0920 e. The van der Waals surface area contributed by atoms with Gasteiger partial charge in [0.05, 0.1) is 23.8 Å². The van der Waals surface area contributed by atoms with Gasteiger partial charge in [-0.1, -0.05) is 0 Å². The van der Waals surface area contributed by atoms with E-state index < -0.39 is 0 Å².